The van der Waals surface area contributed by atoms with Crippen molar-refractivity contribution in [3.05, 3.63) is 46.5 Å². The van der Waals surface area contributed by atoms with E-state index in [4.69, 9.17) is 0 Å². The molecule has 1 N–H and O–H groups in total. The van der Waals surface area contributed by atoms with Crippen LogP contribution >= 0.6 is 11.3 Å². The summed E-state index contributed by atoms with van der Waals surface area (Å²) in [6.07, 6.45) is 3.12. The zero-order chi connectivity index (χ0) is 24.2. The van der Waals surface area contributed by atoms with Crippen LogP contribution in [0.5, 0.6) is 0 Å². The maximum absolute atomic E-state index is 13.2. The molecule has 0 saturated carbocycles. The largest absolute Gasteiger partial charge is 0.356 e. The van der Waals surface area contributed by atoms with Crippen molar-refractivity contribution in [2.45, 2.75) is 40.2 Å². The van der Waals surface area contributed by atoms with Gasteiger partial charge in [0.1, 0.15) is 17.6 Å². The molecule has 1 aliphatic heterocycles. The van der Waals surface area contributed by atoms with E-state index < -0.39 is 0 Å². The van der Waals surface area contributed by atoms with Crippen LogP contribution in [-0.4, -0.2) is 52.5 Å². The molecule has 34 heavy (non-hydrogen) atoms. The van der Waals surface area contributed by atoms with Crippen molar-refractivity contribution in [2.75, 3.05) is 36.0 Å². The van der Waals surface area contributed by atoms with Crippen LogP contribution in [0, 0.1) is 12.8 Å². The van der Waals surface area contributed by atoms with Gasteiger partial charge in [-0.1, -0.05) is 23.5 Å². The summed E-state index contributed by atoms with van der Waals surface area (Å²) in [5.74, 6) is -0.215. The summed E-state index contributed by atoms with van der Waals surface area (Å²) >= 11 is 1.27. The van der Waals surface area contributed by atoms with Gasteiger partial charge in [-0.2, -0.15) is 4.98 Å². The highest BCUT2D eigenvalue weighted by atomic mass is 32.1. The van der Waals surface area contributed by atoms with Gasteiger partial charge in [-0.15, -0.1) is 0 Å². The number of amides is 2. The van der Waals surface area contributed by atoms with Crippen LogP contribution in [0.3, 0.4) is 0 Å². The fraction of sp³-hybridized carbons (Fsp3) is 0.458. The summed E-state index contributed by atoms with van der Waals surface area (Å²) in [5, 5.41) is 3.58. The molecule has 2 aromatic heterocycles. The summed E-state index contributed by atoms with van der Waals surface area (Å²) in [6, 6.07) is 7.73. The van der Waals surface area contributed by atoms with Gasteiger partial charge < -0.3 is 15.1 Å². The Balaban J connectivity index is 1.55. The van der Waals surface area contributed by atoms with E-state index in [9.17, 15) is 14.4 Å². The van der Waals surface area contributed by atoms with Crippen LogP contribution in [0.4, 0.5) is 10.8 Å². The zero-order valence-corrected chi connectivity index (χ0v) is 20.6. The van der Waals surface area contributed by atoms with E-state index in [0.29, 0.717) is 35.1 Å². The Morgan fingerprint density at radius 2 is 2.12 bits per heavy atom. The van der Waals surface area contributed by atoms with Crippen molar-refractivity contribution in [3.8, 4) is 0 Å². The molecule has 4 rings (SSSR count). The molecule has 9 nitrogen and oxygen atoms in total. The van der Waals surface area contributed by atoms with Crippen molar-refractivity contribution in [1.29, 1.82) is 0 Å². The molecule has 3 heterocycles. The summed E-state index contributed by atoms with van der Waals surface area (Å²) in [6.45, 7) is 8.16. The molecular weight excluding hydrogens is 452 g/mol. The summed E-state index contributed by atoms with van der Waals surface area (Å²) in [4.78, 5) is 51.1. The first-order valence-electron chi connectivity index (χ1n) is 11.7. The summed E-state index contributed by atoms with van der Waals surface area (Å²) in [5.41, 5.74) is 1.97. The number of nitrogens with one attached hydrogen (secondary N) is 1. The number of rotatable bonds is 7. The molecule has 0 bridgehead atoms. The maximum Gasteiger partial charge on any atom is 0.273 e. The van der Waals surface area contributed by atoms with Gasteiger partial charge in [-0.25, -0.2) is 4.98 Å². The third-order valence-corrected chi connectivity index (χ3v) is 7.12. The topological polar surface area (TPSA) is 100 Å². The first kappa shape index (κ1) is 23.9. The average Bonchev–Trinajstić information content (AvgIpc) is 3.27. The second-order valence-electron chi connectivity index (χ2n) is 8.48. The Morgan fingerprint density at radius 3 is 2.85 bits per heavy atom. The SMILES string of the molecule is CCNC(=O)[C@@H]1CCCN(c2nc3ncn(CC(=O)N(CC)c4cccc(C)c4)c(=O)c3s2)C1. The zero-order valence-electron chi connectivity index (χ0n) is 19.8. The normalized spacial score (nSPS) is 16.0. The van der Waals surface area contributed by atoms with Gasteiger partial charge in [0.05, 0.1) is 5.92 Å². The number of aryl methyl sites for hydroxylation is 1. The molecule has 1 saturated heterocycles. The van der Waals surface area contributed by atoms with Crippen molar-refractivity contribution in [1.82, 2.24) is 19.9 Å². The third-order valence-electron chi connectivity index (χ3n) is 6.02. The van der Waals surface area contributed by atoms with Crippen molar-refractivity contribution in [2.24, 2.45) is 5.92 Å². The van der Waals surface area contributed by atoms with Gasteiger partial charge in [-0.3, -0.25) is 19.0 Å². The number of nitrogens with zero attached hydrogens (tertiary/aromatic N) is 5. The number of anilines is 2. The van der Waals surface area contributed by atoms with Crippen LogP contribution in [-0.2, 0) is 16.1 Å². The van der Waals surface area contributed by atoms with Gasteiger partial charge in [-0.05, 0) is 51.3 Å². The lowest BCUT2D eigenvalue weighted by molar-refractivity contribution is -0.125. The standard InChI is InChI=1S/C24H30N6O3S/c1-4-25-22(32)17-9-7-11-28(13-17)24-27-21-20(34-24)23(33)29(15-26-21)14-19(31)30(5-2)18-10-6-8-16(3)12-18/h6,8,10,12,15,17H,4-5,7,9,11,13-14H2,1-3H3,(H,25,32)/t17-/m1/s1. The van der Waals surface area contributed by atoms with Gasteiger partial charge in [0.15, 0.2) is 10.8 Å². The van der Waals surface area contributed by atoms with Crippen LogP contribution in [0.1, 0.15) is 32.3 Å². The van der Waals surface area contributed by atoms with E-state index in [0.717, 1.165) is 30.6 Å². The minimum absolute atomic E-state index is 0.0568. The Bertz CT molecular complexity index is 1250. The predicted octanol–water partition coefficient (Wildman–Crippen LogP) is 2.57. The Morgan fingerprint density at radius 1 is 1.29 bits per heavy atom. The van der Waals surface area contributed by atoms with Crippen LogP contribution in [0.2, 0.25) is 0 Å². The third kappa shape index (κ3) is 4.96. The van der Waals surface area contributed by atoms with E-state index >= 15 is 0 Å². The number of carbonyl (C=O) groups is 2. The van der Waals surface area contributed by atoms with Gasteiger partial charge >= 0.3 is 0 Å². The highest BCUT2D eigenvalue weighted by Crippen LogP contribution is 2.29. The molecule has 1 aromatic carbocycles. The minimum atomic E-state index is -0.278. The first-order valence-corrected chi connectivity index (χ1v) is 12.5. The molecule has 0 unspecified atom stereocenters. The van der Waals surface area contributed by atoms with Crippen LogP contribution < -0.4 is 20.7 Å². The van der Waals surface area contributed by atoms with E-state index in [2.05, 4.69) is 20.2 Å². The van der Waals surface area contributed by atoms with Gasteiger partial charge in [0.2, 0.25) is 11.8 Å². The van der Waals surface area contributed by atoms with Crippen molar-refractivity contribution < 1.29 is 9.59 Å². The lowest BCUT2D eigenvalue weighted by Gasteiger charge is -2.31. The number of carbonyl (C=O) groups excluding carboxylic acids is 2. The lowest BCUT2D eigenvalue weighted by atomic mass is 9.97. The molecule has 1 aliphatic rings. The van der Waals surface area contributed by atoms with E-state index in [-0.39, 0.29) is 29.8 Å². The number of aromatic nitrogens is 3. The number of hydrogen-bond donors (Lipinski definition) is 1. The van der Waals surface area contributed by atoms with E-state index in [1.165, 1.54) is 22.2 Å². The molecule has 0 radical (unpaired) electrons. The number of thiazole rings is 1. The quantitative estimate of drug-likeness (QED) is 0.556. The Labute approximate surface area is 202 Å². The molecule has 180 valence electrons. The molecule has 10 heteroatoms. The highest BCUT2D eigenvalue weighted by molar-refractivity contribution is 7.22. The molecule has 1 fully saturated rings. The van der Waals surface area contributed by atoms with Crippen molar-refractivity contribution in [3.63, 3.8) is 0 Å². The molecule has 0 spiro atoms. The van der Waals surface area contributed by atoms with Gasteiger partial charge in [0, 0.05) is 31.9 Å². The van der Waals surface area contributed by atoms with E-state index in [1.807, 2.05) is 45.0 Å². The van der Waals surface area contributed by atoms with E-state index in [1.54, 1.807) is 4.90 Å². The molecule has 3 aromatic rings. The molecule has 0 aliphatic carbocycles. The van der Waals surface area contributed by atoms with Gasteiger partial charge in [0.25, 0.3) is 5.56 Å². The Kier molecular flexibility index (Phi) is 7.26. The molecular formula is C24H30N6O3S. The number of hydrogen-bond acceptors (Lipinski definition) is 7. The number of benzene rings is 1. The fourth-order valence-corrected chi connectivity index (χ4v) is 5.30. The lowest BCUT2D eigenvalue weighted by Crippen LogP contribution is -2.43. The smallest absolute Gasteiger partial charge is 0.273 e. The average molecular weight is 483 g/mol. The van der Waals surface area contributed by atoms with Crippen LogP contribution in [0.15, 0.2) is 35.4 Å². The number of likely N-dealkylation sites (N-methyl/N-ethyl adjacent to an activating group) is 1. The predicted molar refractivity (Wildman–Crippen MR) is 135 cm³/mol. The van der Waals surface area contributed by atoms with Crippen LogP contribution in [0.25, 0.3) is 10.3 Å². The summed E-state index contributed by atoms with van der Waals surface area (Å²) in [7, 11) is 0. The van der Waals surface area contributed by atoms with Crippen molar-refractivity contribution >= 4 is 44.3 Å². The highest BCUT2D eigenvalue weighted by Gasteiger charge is 2.28. The summed E-state index contributed by atoms with van der Waals surface area (Å²) < 4.78 is 1.77. The second-order valence-corrected chi connectivity index (χ2v) is 9.46. The monoisotopic (exact) mass is 482 g/mol. The second kappa shape index (κ2) is 10.3. The maximum atomic E-state index is 13.2. The minimum Gasteiger partial charge on any atom is -0.356 e. The Hall–Kier alpha value is -3.27. The number of piperidine rings is 1. The molecule has 2 amide bonds. The number of fused-ring (bicyclic) bond motifs is 1. The fourth-order valence-electron chi connectivity index (χ4n) is 4.30. The first-order chi connectivity index (χ1) is 16.4. The molecule has 1 atom stereocenters.